The summed E-state index contributed by atoms with van der Waals surface area (Å²) in [7, 11) is 0. The first-order chi connectivity index (χ1) is 8.83. The van der Waals surface area contributed by atoms with Gasteiger partial charge in [0.15, 0.2) is 0 Å². The SMILES string of the molecule is O=C(Cn1cccn1)NC1CC1c1ccccc1. The van der Waals surface area contributed by atoms with E-state index in [9.17, 15) is 4.79 Å². The molecule has 0 spiro atoms. The van der Waals surface area contributed by atoms with E-state index in [-0.39, 0.29) is 11.9 Å². The van der Waals surface area contributed by atoms with E-state index >= 15 is 0 Å². The van der Waals surface area contributed by atoms with Gasteiger partial charge in [-0.1, -0.05) is 30.3 Å². The van der Waals surface area contributed by atoms with Crippen molar-refractivity contribution in [1.82, 2.24) is 15.1 Å². The van der Waals surface area contributed by atoms with Gasteiger partial charge in [0, 0.05) is 24.4 Å². The number of hydrogen-bond acceptors (Lipinski definition) is 2. The molecule has 1 saturated carbocycles. The predicted octanol–water partition coefficient (Wildman–Crippen LogP) is 1.56. The standard InChI is InChI=1S/C14H15N3O/c18-14(10-17-8-4-7-15-17)16-13-9-12(13)11-5-2-1-3-6-11/h1-8,12-13H,9-10H2,(H,16,18). The van der Waals surface area contributed by atoms with Crippen LogP contribution in [0.4, 0.5) is 0 Å². The van der Waals surface area contributed by atoms with Gasteiger partial charge in [0.1, 0.15) is 6.54 Å². The van der Waals surface area contributed by atoms with Crippen LogP contribution in [0.3, 0.4) is 0 Å². The highest BCUT2D eigenvalue weighted by atomic mass is 16.2. The number of amides is 1. The fraction of sp³-hybridized carbons (Fsp3) is 0.286. The number of benzene rings is 1. The fourth-order valence-corrected chi connectivity index (χ4v) is 2.22. The van der Waals surface area contributed by atoms with Crippen LogP contribution < -0.4 is 5.32 Å². The van der Waals surface area contributed by atoms with Crippen molar-refractivity contribution in [3.63, 3.8) is 0 Å². The van der Waals surface area contributed by atoms with E-state index in [0.29, 0.717) is 12.5 Å². The van der Waals surface area contributed by atoms with Crippen LogP contribution in [0, 0.1) is 0 Å². The van der Waals surface area contributed by atoms with Crippen molar-refractivity contribution in [3.8, 4) is 0 Å². The lowest BCUT2D eigenvalue weighted by molar-refractivity contribution is -0.122. The van der Waals surface area contributed by atoms with E-state index in [1.54, 1.807) is 17.1 Å². The molecule has 1 aromatic heterocycles. The van der Waals surface area contributed by atoms with Gasteiger partial charge in [0.25, 0.3) is 0 Å². The molecule has 4 heteroatoms. The molecule has 18 heavy (non-hydrogen) atoms. The summed E-state index contributed by atoms with van der Waals surface area (Å²) in [5, 5.41) is 7.06. The molecule has 0 aliphatic heterocycles. The first-order valence-electron chi connectivity index (χ1n) is 6.14. The third-order valence-electron chi connectivity index (χ3n) is 3.23. The average molecular weight is 241 g/mol. The van der Waals surface area contributed by atoms with Crippen molar-refractivity contribution in [1.29, 1.82) is 0 Å². The Balaban J connectivity index is 1.52. The molecule has 2 atom stereocenters. The van der Waals surface area contributed by atoms with Gasteiger partial charge in [-0.05, 0) is 18.1 Å². The molecule has 1 fully saturated rings. The predicted molar refractivity (Wildman–Crippen MR) is 68.0 cm³/mol. The van der Waals surface area contributed by atoms with E-state index in [0.717, 1.165) is 6.42 Å². The summed E-state index contributed by atoms with van der Waals surface area (Å²) in [4.78, 5) is 11.8. The lowest BCUT2D eigenvalue weighted by Gasteiger charge is -2.05. The van der Waals surface area contributed by atoms with Gasteiger partial charge >= 0.3 is 0 Å². The van der Waals surface area contributed by atoms with Crippen LogP contribution in [0.1, 0.15) is 17.9 Å². The summed E-state index contributed by atoms with van der Waals surface area (Å²) in [6.07, 6.45) is 4.51. The lowest BCUT2D eigenvalue weighted by atomic mass is 10.1. The summed E-state index contributed by atoms with van der Waals surface area (Å²) in [5.74, 6) is 0.509. The average Bonchev–Trinajstić information content (AvgIpc) is 2.95. The largest absolute Gasteiger partial charge is 0.351 e. The molecular weight excluding hydrogens is 226 g/mol. The van der Waals surface area contributed by atoms with Crippen LogP contribution in [0.15, 0.2) is 48.8 Å². The highest BCUT2D eigenvalue weighted by molar-refractivity contribution is 5.76. The number of carbonyl (C=O) groups excluding carboxylic acids is 1. The maximum Gasteiger partial charge on any atom is 0.241 e. The Labute approximate surface area is 106 Å². The van der Waals surface area contributed by atoms with Gasteiger partial charge in [-0.25, -0.2) is 0 Å². The highest BCUT2D eigenvalue weighted by Gasteiger charge is 2.39. The first-order valence-corrected chi connectivity index (χ1v) is 6.14. The van der Waals surface area contributed by atoms with Crippen LogP contribution in [0.25, 0.3) is 0 Å². The van der Waals surface area contributed by atoms with E-state index in [2.05, 4.69) is 22.5 Å². The lowest BCUT2D eigenvalue weighted by Crippen LogP contribution is -2.30. The zero-order chi connectivity index (χ0) is 12.4. The summed E-state index contributed by atoms with van der Waals surface area (Å²) in [6, 6.07) is 12.4. The Bertz CT molecular complexity index is 521. The van der Waals surface area contributed by atoms with Gasteiger partial charge in [-0.15, -0.1) is 0 Å². The minimum absolute atomic E-state index is 0.0298. The van der Waals surface area contributed by atoms with Crippen LogP contribution >= 0.6 is 0 Å². The molecule has 3 rings (SSSR count). The minimum Gasteiger partial charge on any atom is -0.351 e. The fourth-order valence-electron chi connectivity index (χ4n) is 2.22. The zero-order valence-corrected chi connectivity index (χ0v) is 9.99. The second-order valence-electron chi connectivity index (χ2n) is 4.63. The normalized spacial score (nSPS) is 21.6. The Morgan fingerprint density at radius 3 is 2.89 bits per heavy atom. The Hall–Kier alpha value is -2.10. The van der Waals surface area contributed by atoms with Crippen LogP contribution in [0.2, 0.25) is 0 Å². The third kappa shape index (κ3) is 2.42. The summed E-state index contributed by atoms with van der Waals surface area (Å²) >= 11 is 0. The van der Waals surface area contributed by atoms with Gasteiger partial charge in [0.2, 0.25) is 5.91 Å². The van der Waals surface area contributed by atoms with Gasteiger partial charge in [-0.2, -0.15) is 5.10 Å². The topological polar surface area (TPSA) is 46.9 Å². The van der Waals surface area contributed by atoms with Crippen molar-refractivity contribution in [2.24, 2.45) is 0 Å². The van der Waals surface area contributed by atoms with Crippen molar-refractivity contribution >= 4 is 5.91 Å². The number of hydrogen-bond donors (Lipinski definition) is 1. The van der Waals surface area contributed by atoms with Crippen molar-refractivity contribution < 1.29 is 4.79 Å². The smallest absolute Gasteiger partial charge is 0.241 e. The monoisotopic (exact) mass is 241 g/mol. The Morgan fingerprint density at radius 1 is 1.33 bits per heavy atom. The maximum absolute atomic E-state index is 11.8. The number of nitrogens with one attached hydrogen (secondary N) is 1. The number of nitrogens with zero attached hydrogens (tertiary/aromatic N) is 2. The highest BCUT2D eigenvalue weighted by Crippen LogP contribution is 2.40. The number of rotatable bonds is 4. The Kier molecular flexibility index (Phi) is 2.84. The maximum atomic E-state index is 11.8. The molecule has 1 aliphatic carbocycles. The first kappa shape index (κ1) is 11.0. The molecule has 2 unspecified atom stereocenters. The number of aromatic nitrogens is 2. The molecule has 4 nitrogen and oxygen atoms in total. The van der Waals surface area contributed by atoms with Crippen LogP contribution in [-0.4, -0.2) is 21.7 Å². The third-order valence-corrected chi connectivity index (χ3v) is 3.23. The second-order valence-corrected chi connectivity index (χ2v) is 4.63. The molecular formula is C14H15N3O. The molecule has 92 valence electrons. The molecule has 1 aromatic carbocycles. The molecule has 0 bridgehead atoms. The van der Waals surface area contributed by atoms with E-state index in [4.69, 9.17) is 0 Å². The molecule has 1 heterocycles. The number of carbonyl (C=O) groups is 1. The molecule has 0 radical (unpaired) electrons. The van der Waals surface area contributed by atoms with E-state index < -0.39 is 0 Å². The minimum atomic E-state index is 0.0298. The quantitative estimate of drug-likeness (QED) is 0.883. The van der Waals surface area contributed by atoms with E-state index in [1.807, 2.05) is 24.3 Å². The van der Waals surface area contributed by atoms with E-state index in [1.165, 1.54) is 5.56 Å². The summed E-state index contributed by atoms with van der Waals surface area (Å²) < 4.78 is 1.63. The summed E-state index contributed by atoms with van der Waals surface area (Å²) in [6.45, 7) is 0.297. The van der Waals surface area contributed by atoms with Crippen molar-refractivity contribution in [2.75, 3.05) is 0 Å². The van der Waals surface area contributed by atoms with Crippen molar-refractivity contribution in [2.45, 2.75) is 24.9 Å². The second kappa shape index (κ2) is 4.64. The van der Waals surface area contributed by atoms with Gasteiger partial charge in [-0.3, -0.25) is 9.48 Å². The summed E-state index contributed by atoms with van der Waals surface area (Å²) in [5.41, 5.74) is 1.31. The zero-order valence-electron chi connectivity index (χ0n) is 9.99. The van der Waals surface area contributed by atoms with Gasteiger partial charge in [0.05, 0.1) is 0 Å². The van der Waals surface area contributed by atoms with Crippen LogP contribution in [-0.2, 0) is 11.3 Å². The molecule has 1 N–H and O–H groups in total. The molecule has 1 aliphatic rings. The Morgan fingerprint density at radius 2 is 2.17 bits per heavy atom. The molecule has 1 amide bonds. The molecule has 2 aromatic rings. The van der Waals surface area contributed by atoms with Gasteiger partial charge < -0.3 is 5.32 Å². The van der Waals surface area contributed by atoms with Crippen molar-refractivity contribution in [3.05, 3.63) is 54.4 Å². The molecule has 0 saturated heterocycles. The van der Waals surface area contributed by atoms with Crippen LogP contribution in [0.5, 0.6) is 0 Å².